The molecule has 1 N–H and O–H groups in total. The van der Waals surface area contributed by atoms with E-state index in [2.05, 4.69) is 26.0 Å². The normalized spacial score (nSPS) is 11.3. The fraction of sp³-hybridized carbons (Fsp3) is 0.357. The second-order valence-corrected chi connectivity index (χ2v) is 4.89. The van der Waals surface area contributed by atoms with Crippen LogP contribution in [0.2, 0.25) is 0 Å². The van der Waals surface area contributed by atoms with E-state index in [1.807, 2.05) is 13.8 Å². The Labute approximate surface area is 121 Å². The highest BCUT2D eigenvalue weighted by molar-refractivity contribution is 9.10. The first kappa shape index (κ1) is 15.7. The first-order valence-corrected chi connectivity index (χ1v) is 6.75. The molecule has 0 bridgehead atoms. The Morgan fingerprint density at radius 1 is 1.53 bits per heavy atom. The van der Waals surface area contributed by atoms with Gasteiger partial charge in [-0.1, -0.05) is 13.0 Å². The molecule has 0 fully saturated rings. The summed E-state index contributed by atoms with van der Waals surface area (Å²) in [5, 5.41) is 3.08. The van der Waals surface area contributed by atoms with Gasteiger partial charge in [0.25, 0.3) is 0 Å². The van der Waals surface area contributed by atoms with Crippen LogP contribution in [-0.2, 0) is 9.53 Å². The first-order valence-electron chi connectivity index (χ1n) is 5.96. The minimum atomic E-state index is -0.331. The summed E-state index contributed by atoms with van der Waals surface area (Å²) in [6.07, 6.45) is 2.35. The van der Waals surface area contributed by atoms with Crippen molar-refractivity contribution in [1.82, 2.24) is 0 Å². The quantitative estimate of drug-likeness (QED) is 0.659. The maximum absolute atomic E-state index is 13.4. The number of ether oxygens (including phenoxy) is 1. The van der Waals surface area contributed by atoms with Gasteiger partial charge < -0.3 is 10.1 Å². The van der Waals surface area contributed by atoms with Crippen molar-refractivity contribution in [3.8, 4) is 0 Å². The monoisotopic (exact) mass is 329 g/mol. The molecule has 1 aromatic rings. The van der Waals surface area contributed by atoms with Gasteiger partial charge in [-0.05, 0) is 47.0 Å². The largest absolute Gasteiger partial charge is 0.466 e. The number of carbonyl (C=O) groups is 1. The third kappa shape index (κ3) is 4.35. The van der Waals surface area contributed by atoms with Crippen LogP contribution in [0, 0.1) is 12.7 Å². The number of rotatable bonds is 5. The number of hydrogen-bond donors (Lipinski definition) is 1. The molecule has 0 unspecified atom stereocenters. The number of aryl methyl sites for hydroxylation is 1. The van der Waals surface area contributed by atoms with Crippen molar-refractivity contribution < 1.29 is 13.9 Å². The Hall–Kier alpha value is -1.36. The van der Waals surface area contributed by atoms with E-state index in [0.29, 0.717) is 28.7 Å². The van der Waals surface area contributed by atoms with Crippen molar-refractivity contribution in [2.24, 2.45) is 0 Å². The fourth-order valence-corrected chi connectivity index (χ4v) is 2.08. The summed E-state index contributed by atoms with van der Waals surface area (Å²) < 4.78 is 18.5. The molecule has 0 radical (unpaired) electrons. The van der Waals surface area contributed by atoms with Crippen molar-refractivity contribution >= 4 is 27.6 Å². The second kappa shape index (κ2) is 7.28. The van der Waals surface area contributed by atoms with Gasteiger partial charge in [-0.2, -0.15) is 0 Å². The van der Waals surface area contributed by atoms with Crippen LogP contribution in [-0.4, -0.2) is 19.6 Å². The van der Waals surface area contributed by atoms with E-state index in [1.54, 1.807) is 12.1 Å². The molecule has 5 heteroatoms. The fourth-order valence-electron chi connectivity index (χ4n) is 1.62. The molecule has 0 saturated heterocycles. The van der Waals surface area contributed by atoms with Crippen LogP contribution in [0.1, 0.15) is 18.9 Å². The molecule has 0 amide bonds. The molecule has 0 heterocycles. The van der Waals surface area contributed by atoms with Gasteiger partial charge in [0.15, 0.2) is 0 Å². The van der Waals surface area contributed by atoms with E-state index in [1.165, 1.54) is 13.2 Å². The minimum absolute atomic E-state index is 0.319. The molecule has 0 aliphatic rings. The molecule has 19 heavy (non-hydrogen) atoms. The van der Waals surface area contributed by atoms with Gasteiger partial charge in [0, 0.05) is 17.8 Å². The van der Waals surface area contributed by atoms with E-state index < -0.39 is 0 Å². The number of halogens is 2. The van der Waals surface area contributed by atoms with E-state index >= 15 is 0 Å². The molecule has 1 aromatic carbocycles. The summed E-state index contributed by atoms with van der Waals surface area (Å²) in [5.74, 6) is -0.649. The zero-order chi connectivity index (χ0) is 14.4. The van der Waals surface area contributed by atoms with E-state index in [4.69, 9.17) is 0 Å². The molecule has 104 valence electrons. The number of benzene rings is 1. The van der Waals surface area contributed by atoms with Gasteiger partial charge in [-0.25, -0.2) is 9.18 Å². The molecule has 3 nitrogen and oxygen atoms in total. The van der Waals surface area contributed by atoms with Crippen molar-refractivity contribution in [2.45, 2.75) is 20.3 Å². The molecule has 0 saturated carbocycles. The Morgan fingerprint density at radius 3 is 2.79 bits per heavy atom. The van der Waals surface area contributed by atoms with Gasteiger partial charge in [-0.3, -0.25) is 0 Å². The van der Waals surface area contributed by atoms with Crippen LogP contribution in [0.3, 0.4) is 0 Å². The van der Waals surface area contributed by atoms with Gasteiger partial charge >= 0.3 is 5.97 Å². The number of carbonyl (C=O) groups excluding carboxylic acids is 1. The van der Waals surface area contributed by atoms with Gasteiger partial charge in [-0.15, -0.1) is 0 Å². The highest BCUT2D eigenvalue weighted by Gasteiger charge is 2.07. The summed E-state index contributed by atoms with van der Waals surface area (Å²) in [6.45, 7) is 4.21. The standard InChI is InChI=1S/C14H17BrFNO2/c1-4-10(14(18)19-3)5-6-17-13-8-12(16)11(15)7-9(13)2/h5,7-8,17H,4,6H2,1-3H3/b10-5-. The zero-order valence-electron chi connectivity index (χ0n) is 11.2. The maximum atomic E-state index is 13.4. The summed E-state index contributed by atoms with van der Waals surface area (Å²) in [4.78, 5) is 11.4. The molecule has 0 aromatic heterocycles. The van der Waals surface area contributed by atoms with Crippen molar-refractivity contribution in [1.29, 1.82) is 0 Å². The van der Waals surface area contributed by atoms with Crippen LogP contribution in [0.5, 0.6) is 0 Å². The first-order chi connectivity index (χ1) is 8.99. The Balaban J connectivity index is 2.74. The number of hydrogen-bond acceptors (Lipinski definition) is 3. The van der Waals surface area contributed by atoms with Crippen molar-refractivity contribution in [2.75, 3.05) is 19.0 Å². The lowest BCUT2D eigenvalue weighted by Gasteiger charge is -2.09. The lowest BCUT2D eigenvalue weighted by Crippen LogP contribution is -2.08. The average molecular weight is 330 g/mol. The molecular formula is C14H17BrFNO2. The van der Waals surface area contributed by atoms with Crippen LogP contribution >= 0.6 is 15.9 Å². The smallest absolute Gasteiger partial charge is 0.333 e. The minimum Gasteiger partial charge on any atom is -0.466 e. The number of nitrogens with one attached hydrogen (secondary N) is 1. The van der Waals surface area contributed by atoms with Crippen molar-refractivity contribution in [3.05, 3.63) is 39.6 Å². The van der Waals surface area contributed by atoms with Gasteiger partial charge in [0.1, 0.15) is 5.82 Å². The number of methoxy groups -OCH3 is 1. The van der Waals surface area contributed by atoms with Crippen LogP contribution in [0.4, 0.5) is 10.1 Å². The molecule has 0 aliphatic heterocycles. The summed E-state index contributed by atoms with van der Waals surface area (Å²) in [7, 11) is 1.35. The Morgan fingerprint density at radius 2 is 2.21 bits per heavy atom. The maximum Gasteiger partial charge on any atom is 0.333 e. The van der Waals surface area contributed by atoms with Crippen molar-refractivity contribution in [3.63, 3.8) is 0 Å². The molecule has 0 atom stereocenters. The van der Waals surface area contributed by atoms with Gasteiger partial charge in [0.05, 0.1) is 11.6 Å². The number of anilines is 1. The third-order valence-corrected chi connectivity index (χ3v) is 3.34. The second-order valence-electron chi connectivity index (χ2n) is 4.04. The third-order valence-electron chi connectivity index (χ3n) is 2.74. The predicted molar refractivity (Wildman–Crippen MR) is 77.7 cm³/mol. The molecule has 0 aliphatic carbocycles. The lowest BCUT2D eigenvalue weighted by atomic mass is 10.1. The van der Waals surface area contributed by atoms with E-state index in [0.717, 1.165) is 5.56 Å². The van der Waals surface area contributed by atoms with Crippen LogP contribution < -0.4 is 5.32 Å². The summed E-state index contributed by atoms with van der Waals surface area (Å²) in [5.41, 5.74) is 2.24. The highest BCUT2D eigenvalue weighted by Crippen LogP contribution is 2.23. The lowest BCUT2D eigenvalue weighted by molar-refractivity contribution is -0.136. The van der Waals surface area contributed by atoms with Gasteiger partial charge in [0.2, 0.25) is 0 Å². The highest BCUT2D eigenvalue weighted by atomic mass is 79.9. The summed E-state index contributed by atoms with van der Waals surface area (Å²) >= 11 is 3.14. The average Bonchev–Trinajstić information content (AvgIpc) is 2.39. The van der Waals surface area contributed by atoms with Crippen LogP contribution in [0.15, 0.2) is 28.3 Å². The predicted octanol–water partition coefficient (Wildman–Crippen LogP) is 3.82. The van der Waals surface area contributed by atoms with E-state index in [9.17, 15) is 9.18 Å². The zero-order valence-corrected chi connectivity index (χ0v) is 12.8. The Bertz CT molecular complexity index is 500. The molecular weight excluding hydrogens is 313 g/mol. The number of esters is 1. The molecule has 1 rings (SSSR count). The topological polar surface area (TPSA) is 38.3 Å². The van der Waals surface area contributed by atoms with E-state index in [-0.39, 0.29) is 11.8 Å². The SMILES string of the molecule is CC/C(=C/CNc1cc(F)c(Br)cc1C)C(=O)OC. The van der Waals surface area contributed by atoms with Crippen LogP contribution in [0.25, 0.3) is 0 Å². The molecule has 0 spiro atoms. The summed E-state index contributed by atoms with van der Waals surface area (Å²) in [6, 6.07) is 3.14. The Kier molecular flexibility index (Phi) is 6.02.